The second-order valence-electron chi connectivity index (χ2n) is 16.8. The maximum Gasteiger partial charge on any atom is 0.410 e. The average Bonchev–Trinajstić information content (AvgIpc) is 3.63. The number of hydrogen-bond acceptors (Lipinski definition) is 7. The van der Waals surface area contributed by atoms with Crippen molar-refractivity contribution in [3.05, 3.63) is 65.5 Å². The molecular weight excluding hydrogens is 661 g/mol. The van der Waals surface area contributed by atoms with E-state index in [4.69, 9.17) is 14.5 Å². The van der Waals surface area contributed by atoms with Gasteiger partial charge in [-0.2, -0.15) is 5.10 Å². The molecule has 2 bridgehead atoms. The fourth-order valence-corrected chi connectivity index (χ4v) is 9.86. The first-order valence-electron chi connectivity index (χ1n) is 19.3. The molecule has 0 radical (unpaired) electrons. The van der Waals surface area contributed by atoms with Gasteiger partial charge in [-0.25, -0.2) is 9.18 Å². The number of amides is 2. The number of aromatic nitrogens is 3. The standard InChI is InChI=1S/C41H52FN5O5/c1-26-19-29(7-10-35(26)51-3)40-13-16-41(17-14-40,18-15-40)36(45-37(49)27-5-8-31(9-6-27)52-38(50)46-24-30(48)25-46)34-20-32(33(42)22-43-34)28-21-44-47(23-28)39(2)11-4-12-39/h7,10,19-23,27,30-31,36,48H,4-6,8-9,11-18,24-25H2,1-3H3,(H,45,49). The lowest BCUT2D eigenvalue weighted by Crippen LogP contribution is -2.54. The quantitative estimate of drug-likeness (QED) is 0.243. The summed E-state index contributed by atoms with van der Waals surface area (Å²) in [5.74, 6) is 0.278. The van der Waals surface area contributed by atoms with Gasteiger partial charge < -0.3 is 24.8 Å². The highest BCUT2D eigenvalue weighted by molar-refractivity contribution is 5.79. The summed E-state index contributed by atoms with van der Waals surface area (Å²) in [6.07, 6.45) is 15.5. The Morgan fingerprint density at radius 3 is 2.33 bits per heavy atom. The van der Waals surface area contributed by atoms with Crippen LogP contribution in [0.4, 0.5) is 9.18 Å². The number of aliphatic hydroxyl groups is 1. The lowest BCUT2D eigenvalue weighted by Gasteiger charge is -2.56. The number of methoxy groups -OCH3 is 1. The van der Waals surface area contributed by atoms with E-state index >= 15 is 4.39 Å². The van der Waals surface area contributed by atoms with Crippen molar-refractivity contribution in [2.75, 3.05) is 20.2 Å². The van der Waals surface area contributed by atoms with E-state index < -0.39 is 18.0 Å². The summed E-state index contributed by atoms with van der Waals surface area (Å²) in [6.45, 7) is 4.91. The van der Waals surface area contributed by atoms with E-state index in [1.54, 1.807) is 13.3 Å². The Hall–Kier alpha value is -3.99. The first-order valence-corrected chi connectivity index (χ1v) is 19.3. The number of aliphatic hydroxyl groups excluding tert-OH is 1. The molecule has 3 aromatic rings. The first-order chi connectivity index (χ1) is 25.0. The molecule has 2 amide bonds. The minimum absolute atomic E-state index is 0.0124. The normalized spacial score (nSPS) is 28.8. The number of nitrogens with zero attached hydrogens (tertiary/aromatic N) is 4. The molecule has 1 aromatic carbocycles. The van der Waals surface area contributed by atoms with E-state index in [0.29, 0.717) is 50.0 Å². The zero-order valence-corrected chi connectivity index (χ0v) is 30.7. The molecule has 5 saturated carbocycles. The van der Waals surface area contributed by atoms with Crippen LogP contribution in [0, 0.1) is 24.1 Å². The van der Waals surface area contributed by atoms with Crippen LogP contribution >= 0.6 is 0 Å². The first kappa shape index (κ1) is 35.1. The van der Waals surface area contributed by atoms with Gasteiger partial charge in [0.1, 0.15) is 17.7 Å². The molecule has 6 aliphatic rings. The van der Waals surface area contributed by atoms with Crippen LogP contribution in [0.3, 0.4) is 0 Å². The monoisotopic (exact) mass is 713 g/mol. The van der Waals surface area contributed by atoms with Gasteiger partial charge >= 0.3 is 6.09 Å². The number of rotatable bonds is 9. The van der Waals surface area contributed by atoms with Gasteiger partial charge in [-0.15, -0.1) is 0 Å². The van der Waals surface area contributed by atoms with Crippen LogP contribution in [0.1, 0.15) is 113 Å². The third kappa shape index (κ3) is 6.26. The molecule has 3 heterocycles. The summed E-state index contributed by atoms with van der Waals surface area (Å²) in [6, 6.07) is 8.08. The highest BCUT2D eigenvalue weighted by Crippen LogP contribution is 2.62. The van der Waals surface area contributed by atoms with Crippen molar-refractivity contribution >= 4 is 12.0 Å². The van der Waals surface area contributed by atoms with E-state index in [0.717, 1.165) is 68.2 Å². The van der Waals surface area contributed by atoms with Gasteiger partial charge in [-0.1, -0.05) is 12.1 Å². The number of hydrogen-bond donors (Lipinski definition) is 2. The van der Waals surface area contributed by atoms with Crippen LogP contribution in [-0.4, -0.2) is 69.2 Å². The van der Waals surface area contributed by atoms with Crippen LogP contribution < -0.4 is 10.1 Å². The van der Waals surface area contributed by atoms with Gasteiger partial charge in [0.15, 0.2) is 0 Å². The van der Waals surface area contributed by atoms with Gasteiger partial charge in [0, 0.05) is 23.2 Å². The third-order valence-electron chi connectivity index (χ3n) is 13.7. The van der Waals surface area contributed by atoms with E-state index in [-0.39, 0.29) is 40.3 Å². The Kier molecular flexibility index (Phi) is 9.07. The van der Waals surface area contributed by atoms with Gasteiger partial charge in [-0.05, 0) is 131 Å². The summed E-state index contributed by atoms with van der Waals surface area (Å²) < 4.78 is 28.8. The van der Waals surface area contributed by atoms with Crippen LogP contribution in [0.2, 0.25) is 0 Å². The number of β-amino-alcohol motifs (C(OH)–C–C–N with tert-alkyl or cyclic N) is 1. The van der Waals surface area contributed by atoms with Crippen molar-refractivity contribution in [2.24, 2.45) is 11.3 Å². The van der Waals surface area contributed by atoms with Crippen molar-refractivity contribution in [2.45, 2.75) is 127 Å². The molecule has 1 saturated heterocycles. The molecular formula is C41H52FN5O5. The number of halogens is 1. The number of nitrogens with one attached hydrogen (secondary N) is 1. The molecule has 5 aliphatic carbocycles. The number of likely N-dealkylation sites (tertiary alicyclic amines) is 1. The summed E-state index contributed by atoms with van der Waals surface area (Å²) in [4.78, 5) is 32.9. The van der Waals surface area contributed by atoms with Crippen molar-refractivity contribution in [3.8, 4) is 16.9 Å². The average molecular weight is 714 g/mol. The molecule has 1 atom stereocenters. The highest BCUT2D eigenvalue weighted by atomic mass is 19.1. The Labute approximate surface area is 305 Å². The van der Waals surface area contributed by atoms with E-state index in [2.05, 4.69) is 42.5 Å². The SMILES string of the molecule is COc1ccc(C23CCC(C(NC(=O)C4CCC(OC(=O)N5CC(O)C5)CC4)c4cc(-c5cnn(C6(C)CCC6)c5)c(F)cn4)(CC2)CC3)cc1C. The molecule has 0 spiro atoms. The lowest BCUT2D eigenvalue weighted by molar-refractivity contribution is -0.129. The number of fused-ring (bicyclic) bond motifs is 3. The summed E-state index contributed by atoms with van der Waals surface area (Å²) in [5, 5.41) is 17.7. The van der Waals surface area contributed by atoms with Crippen LogP contribution in [-0.2, 0) is 20.5 Å². The zero-order chi connectivity index (χ0) is 36.3. The highest BCUT2D eigenvalue weighted by Gasteiger charge is 2.54. The molecule has 2 N–H and O–H groups in total. The Balaban J connectivity index is 1.04. The Bertz CT molecular complexity index is 1800. The number of pyridine rings is 1. The second kappa shape index (κ2) is 13.5. The molecule has 9 rings (SSSR count). The van der Waals surface area contributed by atoms with Gasteiger partial charge in [0.25, 0.3) is 0 Å². The Morgan fingerprint density at radius 1 is 1.00 bits per heavy atom. The second-order valence-corrected chi connectivity index (χ2v) is 16.8. The maximum absolute atomic E-state index is 15.6. The Morgan fingerprint density at radius 2 is 1.71 bits per heavy atom. The molecule has 1 unspecified atom stereocenters. The summed E-state index contributed by atoms with van der Waals surface area (Å²) >= 11 is 0. The van der Waals surface area contributed by atoms with E-state index in [9.17, 15) is 14.7 Å². The van der Waals surface area contributed by atoms with Gasteiger partial charge in [0.2, 0.25) is 5.91 Å². The molecule has 2 aromatic heterocycles. The predicted molar refractivity (Wildman–Crippen MR) is 193 cm³/mol. The molecule has 52 heavy (non-hydrogen) atoms. The van der Waals surface area contributed by atoms with Crippen LogP contribution in [0.15, 0.2) is 42.9 Å². The number of carbonyl (C=O) groups is 2. The molecule has 1 aliphatic heterocycles. The number of carbonyl (C=O) groups excluding carboxylic acids is 2. The minimum atomic E-state index is -0.476. The maximum atomic E-state index is 15.6. The van der Waals surface area contributed by atoms with Crippen molar-refractivity contribution < 1.29 is 28.6 Å². The number of ether oxygens (including phenoxy) is 2. The predicted octanol–water partition coefficient (Wildman–Crippen LogP) is 7.12. The minimum Gasteiger partial charge on any atom is -0.496 e. The van der Waals surface area contributed by atoms with Crippen LogP contribution in [0.25, 0.3) is 11.1 Å². The van der Waals surface area contributed by atoms with Crippen molar-refractivity contribution in [1.82, 2.24) is 25.0 Å². The zero-order valence-electron chi connectivity index (χ0n) is 30.7. The third-order valence-corrected chi connectivity index (χ3v) is 13.7. The molecule has 10 nitrogen and oxygen atoms in total. The molecule has 11 heteroatoms. The van der Waals surface area contributed by atoms with E-state index in [1.165, 1.54) is 23.1 Å². The smallest absolute Gasteiger partial charge is 0.410 e. The van der Waals surface area contributed by atoms with Crippen LogP contribution in [0.5, 0.6) is 5.75 Å². The van der Waals surface area contributed by atoms with Gasteiger partial charge in [-0.3, -0.25) is 14.5 Å². The largest absolute Gasteiger partial charge is 0.496 e. The van der Waals surface area contributed by atoms with Crippen molar-refractivity contribution in [3.63, 3.8) is 0 Å². The molecule has 6 fully saturated rings. The fourth-order valence-electron chi connectivity index (χ4n) is 9.86. The number of benzene rings is 1. The topological polar surface area (TPSA) is 119 Å². The van der Waals surface area contributed by atoms with Crippen molar-refractivity contribution in [1.29, 1.82) is 0 Å². The summed E-state index contributed by atoms with van der Waals surface area (Å²) in [5.41, 5.74) is 4.23. The number of aryl methyl sites for hydroxylation is 1. The summed E-state index contributed by atoms with van der Waals surface area (Å²) in [7, 11) is 1.71. The fraction of sp³-hybridized carbons (Fsp3) is 0.610. The lowest BCUT2D eigenvalue weighted by atomic mass is 9.49. The molecule has 278 valence electrons. The van der Waals surface area contributed by atoms with E-state index in [1.807, 2.05) is 16.9 Å². The van der Waals surface area contributed by atoms with Gasteiger partial charge in [0.05, 0.1) is 56.0 Å².